The number of hydrogen-bond donors (Lipinski definition) is 1. The number of allylic oxidation sites excluding steroid dienone is 1. The summed E-state index contributed by atoms with van der Waals surface area (Å²) in [5, 5.41) is 2.86. The average Bonchev–Trinajstić information content (AvgIpc) is 3.57. The molecule has 0 aliphatic heterocycles. The molecule has 3 saturated carbocycles. The molecule has 47 heavy (non-hydrogen) atoms. The highest BCUT2D eigenvalue weighted by molar-refractivity contribution is 5.91. The molecular formula is C41H51NO5. The molecule has 6 heteroatoms. The van der Waals surface area contributed by atoms with E-state index in [0.29, 0.717) is 30.0 Å². The summed E-state index contributed by atoms with van der Waals surface area (Å²) in [6, 6.07) is 15.7. The van der Waals surface area contributed by atoms with E-state index in [-0.39, 0.29) is 47.3 Å². The van der Waals surface area contributed by atoms with Crippen LogP contribution in [0.3, 0.4) is 0 Å². The Balaban J connectivity index is 0.981. The predicted octanol–water partition coefficient (Wildman–Crippen LogP) is 8.63. The summed E-state index contributed by atoms with van der Waals surface area (Å²) < 4.78 is 12.0. The monoisotopic (exact) mass is 637 g/mol. The lowest BCUT2D eigenvalue weighted by molar-refractivity contribution is -0.158. The van der Waals surface area contributed by atoms with Gasteiger partial charge in [0, 0.05) is 18.3 Å². The Hall–Kier alpha value is -3.41. The van der Waals surface area contributed by atoms with E-state index in [2.05, 4.69) is 50.4 Å². The molecule has 0 radical (unpaired) electrons. The van der Waals surface area contributed by atoms with Gasteiger partial charge in [-0.3, -0.25) is 4.79 Å². The summed E-state index contributed by atoms with van der Waals surface area (Å²) in [5.41, 5.74) is 6.34. The Morgan fingerprint density at radius 2 is 1.55 bits per heavy atom. The van der Waals surface area contributed by atoms with Crippen LogP contribution < -0.4 is 5.32 Å². The maximum Gasteiger partial charge on any atom is 0.407 e. The van der Waals surface area contributed by atoms with Crippen LogP contribution in [-0.4, -0.2) is 36.6 Å². The Labute approximate surface area is 280 Å². The number of carbonyl (C=O) groups is 3. The Kier molecular flexibility index (Phi) is 8.37. The molecule has 8 atom stereocenters. The number of ketones is 1. The summed E-state index contributed by atoms with van der Waals surface area (Å²) in [5.74, 6) is 1.94. The van der Waals surface area contributed by atoms with Crippen molar-refractivity contribution in [3.05, 3.63) is 71.3 Å². The van der Waals surface area contributed by atoms with E-state index < -0.39 is 12.1 Å². The third kappa shape index (κ3) is 5.44. The molecule has 5 aliphatic carbocycles. The van der Waals surface area contributed by atoms with E-state index in [9.17, 15) is 14.4 Å². The van der Waals surface area contributed by atoms with Gasteiger partial charge in [-0.05, 0) is 115 Å². The summed E-state index contributed by atoms with van der Waals surface area (Å²) in [6.45, 7) is 11.0. The van der Waals surface area contributed by atoms with Gasteiger partial charge < -0.3 is 14.8 Å². The van der Waals surface area contributed by atoms with Gasteiger partial charge in [-0.15, -0.1) is 0 Å². The first-order chi connectivity index (χ1) is 22.5. The van der Waals surface area contributed by atoms with Crippen molar-refractivity contribution in [1.29, 1.82) is 0 Å². The van der Waals surface area contributed by atoms with Gasteiger partial charge in [0.15, 0.2) is 5.78 Å². The summed E-state index contributed by atoms with van der Waals surface area (Å²) >= 11 is 0. The molecule has 0 saturated heterocycles. The van der Waals surface area contributed by atoms with Gasteiger partial charge in [-0.2, -0.15) is 0 Å². The molecule has 0 aromatic heterocycles. The largest absolute Gasteiger partial charge is 0.461 e. The smallest absolute Gasteiger partial charge is 0.407 e. The topological polar surface area (TPSA) is 81.7 Å². The number of amides is 1. The van der Waals surface area contributed by atoms with Crippen LogP contribution >= 0.6 is 0 Å². The van der Waals surface area contributed by atoms with E-state index in [1.165, 1.54) is 36.0 Å². The molecule has 5 aliphatic rings. The highest BCUT2D eigenvalue weighted by Gasteiger charge is 2.60. The van der Waals surface area contributed by atoms with Gasteiger partial charge in [0.05, 0.1) is 0 Å². The van der Waals surface area contributed by atoms with Crippen molar-refractivity contribution in [2.75, 3.05) is 6.61 Å². The van der Waals surface area contributed by atoms with Crippen molar-refractivity contribution in [2.45, 2.75) is 104 Å². The van der Waals surface area contributed by atoms with Gasteiger partial charge in [0.2, 0.25) is 0 Å². The Morgan fingerprint density at radius 3 is 2.23 bits per heavy atom. The summed E-state index contributed by atoms with van der Waals surface area (Å²) in [7, 11) is 0. The van der Waals surface area contributed by atoms with E-state index in [1.807, 2.05) is 44.2 Å². The fourth-order valence-electron chi connectivity index (χ4n) is 11.0. The molecule has 0 spiro atoms. The Morgan fingerprint density at radius 1 is 0.872 bits per heavy atom. The molecule has 3 fully saturated rings. The molecule has 7 rings (SSSR count). The number of fused-ring (bicyclic) bond motifs is 8. The molecule has 2 aromatic carbocycles. The van der Waals surface area contributed by atoms with Crippen molar-refractivity contribution in [1.82, 2.24) is 5.32 Å². The minimum atomic E-state index is -0.786. The normalized spacial score (nSPS) is 32.2. The van der Waals surface area contributed by atoms with Crippen molar-refractivity contribution in [3.63, 3.8) is 0 Å². The highest BCUT2D eigenvalue weighted by atomic mass is 16.6. The number of carbonyl (C=O) groups excluding carboxylic acids is 3. The van der Waals surface area contributed by atoms with Crippen molar-refractivity contribution >= 4 is 17.8 Å². The fourth-order valence-corrected chi connectivity index (χ4v) is 11.0. The summed E-state index contributed by atoms with van der Waals surface area (Å²) in [4.78, 5) is 39.0. The highest BCUT2D eigenvalue weighted by Crippen LogP contribution is 2.67. The van der Waals surface area contributed by atoms with Crippen LogP contribution in [0, 0.1) is 40.4 Å². The zero-order chi connectivity index (χ0) is 33.1. The number of benzene rings is 2. The maximum atomic E-state index is 13.7. The van der Waals surface area contributed by atoms with Crippen LogP contribution in [0.1, 0.15) is 103 Å². The average molecular weight is 638 g/mol. The lowest BCUT2D eigenvalue weighted by atomic mass is 9.46. The van der Waals surface area contributed by atoms with E-state index in [0.717, 1.165) is 36.8 Å². The SMILES string of the molecule is CC(C)[C@H](NC(=O)OCC1c2ccccc2-c2ccccc21)C(=O)O[C@@H](C)[C@H]1CC[C@H]2[C@@H]3CCC4=CC(=O)CC[C@]4(C)[C@H]3CC[C@]12C. The zero-order valence-electron chi connectivity index (χ0n) is 28.7. The molecule has 1 amide bonds. The molecule has 0 heterocycles. The van der Waals surface area contributed by atoms with Crippen molar-refractivity contribution in [2.24, 2.45) is 40.4 Å². The molecule has 250 valence electrons. The third-order valence-electron chi connectivity index (χ3n) is 13.4. The zero-order valence-corrected chi connectivity index (χ0v) is 28.7. The van der Waals surface area contributed by atoms with Crippen LogP contribution in [0.25, 0.3) is 11.1 Å². The quantitative estimate of drug-likeness (QED) is 0.308. The molecule has 2 aromatic rings. The first-order valence-electron chi connectivity index (χ1n) is 18.1. The first kappa shape index (κ1) is 32.2. The summed E-state index contributed by atoms with van der Waals surface area (Å²) in [6.07, 6.45) is 9.58. The number of hydrogen-bond acceptors (Lipinski definition) is 5. The minimum Gasteiger partial charge on any atom is -0.461 e. The van der Waals surface area contributed by atoms with Gasteiger partial charge >= 0.3 is 12.1 Å². The van der Waals surface area contributed by atoms with Crippen molar-refractivity contribution < 1.29 is 23.9 Å². The lowest BCUT2D eigenvalue weighted by Crippen LogP contribution is -2.52. The van der Waals surface area contributed by atoms with Crippen molar-refractivity contribution in [3.8, 4) is 11.1 Å². The Bertz CT molecular complexity index is 1550. The lowest BCUT2D eigenvalue weighted by Gasteiger charge is -2.58. The van der Waals surface area contributed by atoms with Crippen LogP contribution in [0.4, 0.5) is 4.79 Å². The molecular weight excluding hydrogens is 586 g/mol. The standard InChI is InChI=1S/C41H51NO5/c1-24(2)37(42-39(45)46-23-33-30-12-8-6-10-28(30)29-11-7-9-13-31(29)33)38(44)47-25(3)34-16-17-35-32-15-14-26-22-27(43)18-20-40(26,4)36(32)19-21-41(34,35)5/h6-13,22,24-25,32-37H,14-21,23H2,1-5H3,(H,42,45)/t25-,32-,34+,35-,36-,37-,40-,41+/m0/s1. The molecule has 1 N–H and O–H groups in total. The van der Waals surface area contributed by atoms with Gasteiger partial charge in [0.1, 0.15) is 18.8 Å². The number of esters is 1. The second-order valence-corrected chi connectivity index (χ2v) is 16.0. The molecule has 0 unspecified atom stereocenters. The minimum absolute atomic E-state index is 0.0428. The second kappa shape index (κ2) is 12.2. The van der Waals surface area contributed by atoms with Gasteiger partial charge in [-0.1, -0.05) is 81.8 Å². The fraction of sp³-hybridized carbons (Fsp3) is 0.585. The van der Waals surface area contributed by atoms with E-state index in [1.54, 1.807) is 0 Å². The number of alkyl carbamates (subject to hydrolysis) is 1. The maximum absolute atomic E-state index is 13.7. The first-order valence-corrected chi connectivity index (χ1v) is 18.1. The van der Waals surface area contributed by atoms with Crippen LogP contribution in [-0.2, 0) is 19.1 Å². The van der Waals surface area contributed by atoms with Gasteiger partial charge in [0.25, 0.3) is 0 Å². The predicted molar refractivity (Wildman–Crippen MR) is 183 cm³/mol. The number of nitrogens with one attached hydrogen (secondary N) is 1. The molecule has 0 bridgehead atoms. The van der Waals surface area contributed by atoms with Crippen LogP contribution in [0.5, 0.6) is 0 Å². The van der Waals surface area contributed by atoms with Gasteiger partial charge in [-0.25, -0.2) is 9.59 Å². The van der Waals surface area contributed by atoms with E-state index >= 15 is 0 Å². The van der Waals surface area contributed by atoms with Crippen LogP contribution in [0.15, 0.2) is 60.2 Å². The second-order valence-electron chi connectivity index (χ2n) is 16.0. The molecule has 6 nitrogen and oxygen atoms in total. The van der Waals surface area contributed by atoms with E-state index in [4.69, 9.17) is 9.47 Å². The third-order valence-corrected chi connectivity index (χ3v) is 13.4. The number of rotatable bonds is 7. The van der Waals surface area contributed by atoms with Crippen LogP contribution in [0.2, 0.25) is 0 Å². The number of ether oxygens (including phenoxy) is 2.